The summed E-state index contributed by atoms with van der Waals surface area (Å²) in [7, 11) is 0. The number of anilines is 1. The van der Waals surface area contributed by atoms with Crippen molar-refractivity contribution in [3.63, 3.8) is 0 Å². The van der Waals surface area contributed by atoms with Crippen LogP contribution in [0.25, 0.3) is 6.08 Å². The van der Waals surface area contributed by atoms with Crippen LogP contribution in [-0.2, 0) is 16.1 Å². The third kappa shape index (κ3) is 7.49. The number of aromatic hydroxyl groups is 1. The van der Waals surface area contributed by atoms with E-state index in [0.717, 1.165) is 16.2 Å². The molecule has 1 aliphatic heterocycles. The van der Waals surface area contributed by atoms with Crippen molar-refractivity contribution in [2.75, 3.05) is 11.9 Å². The molecule has 0 atom stereocenters. The summed E-state index contributed by atoms with van der Waals surface area (Å²) in [6, 6.07) is 22.3. The maximum absolute atomic E-state index is 13.5. The molecule has 4 aromatic rings. The number of nitrogens with one attached hydrogen (secondary N) is 1. The molecule has 0 unspecified atom stereocenters. The fraction of sp³-hybridized carbons (Fsp3) is 0.0667. The van der Waals surface area contributed by atoms with E-state index in [9.17, 15) is 14.7 Å². The second-order valence-electron chi connectivity index (χ2n) is 8.79. The number of hydrogen-bond donors (Lipinski definition) is 2. The van der Waals surface area contributed by atoms with E-state index in [4.69, 9.17) is 20.8 Å². The predicted molar refractivity (Wildman–Crippen MR) is 168 cm³/mol. The topological polar surface area (TPSA) is 117 Å². The van der Waals surface area contributed by atoms with Crippen LogP contribution in [0.2, 0.25) is 5.02 Å². The highest BCUT2D eigenvalue weighted by atomic mass is 79.9. The molecule has 2 heterocycles. The van der Waals surface area contributed by atoms with Crippen molar-refractivity contribution in [3.8, 4) is 11.5 Å². The van der Waals surface area contributed by atoms with Crippen LogP contribution in [0.15, 0.2) is 109 Å². The molecule has 212 valence electrons. The molecule has 5 rings (SSSR count). The molecule has 9 nitrogen and oxygen atoms in total. The molecule has 0 spiro atoms. The molecule has 42 heavy (non-hydrogen) atoms. The van der Waals surface area contributed by atoms with Crippen LogP contribution < -0.4 is 10.1 Å². The van der Waals surface area contributed by atoms with Gasteiger partial charge in [-0.15, -0.1) is 5.10 Å². The third-order valence-corrected chi connectivity index (χ3v) is 7.55. The van der Waals surface area contributed by atoms with Crippen LogP contribution >= 0.6 is 39.3 Å². The van der Waals surface area contributed by atoms with Gasteiger partial charge in [0.25, 0.3) is 11.8 Å². The van der Waals surface area contributed by atoms with E-state index in [1.807, 2.05) is 6.07 Å². The highest BCUT2D eigenvalue weighted by molar-refractivity contribution is 9.10. The standard InChI is InChI=1S/C30H22BrClN4O5S/c31-21-7-12-25(37)20(14-21)16-33-35-30-36(17-24-5-3-13-40-24)29(39)27(42-30)15-19-4-1-2-6-26(19)41-18-28(38)34-23-10-8-22(32)9-11-23/h1-16,37H,17-18H2,(H,34,38)/b27-15-,33-16+,35-30-. The Morgan fingerprint density at radius 1 is 1.10 bits per heavy atom. The van der Waals surface area contributed by atoms with Crippen molar-refractivity contribution in [3.05, 3.63) is 116 Å². The number of rotatable bonds is 9. The summed E-state index contributed by atoms with van der Waals surface area (Å²) in [5.74, 6) is 0.395. The van der Waals surface area contributed by atoms with E-state index in [0.29, 0.717) is 43.4 Å². The number of phenolic OH excluding ortho intramolecular Hbond substituents is 1. The number of benzene rings is 3. The summed E-state index contributed by atoms with van der Waals surface area (Å²) in [6.07, 6.45) is 4.62. The molecule has 2 amide bonds. The van der Waals surface area contributed by atoms with Crippen molar-refractivity contribution in [1.29, 1.82) is 0 Å². The van der Waals surface area contributed by atoms with Gasteiger partial charge in [0, 0.05) is 26.3 Å². The van der Waals surface area contributed by atoms with Gasteiger partial charge in [0.15, 0.2) is 11.8 Å². The molecule has 1 aromatic heterocycles. The molecule has 1 aliphatic rings. The van der Waals surface area contributed by atoms with Gasteiger partial charge < -0.3 is 19.6 Å². The third-order valence-electron chi connectivity index (χ3n) is 5.80. The smallest absolute Gasteiger partial charge is 0.267 e. The summed E-state index contributed by atoms with van der Waals surface area (Å²) in [5.41, 5.74) is 1.66. The maximum Gasteiger partial charge on any atom is 0.267 e. The van der Waals surface area contributed by atoms with Crippen molar-refractivity contribution < 1.29 is 23.8 Å². The lowest BCUT2D eigenvalue weighted by Gasteiger charge is -2.12. The first-order chi connectivity index (χ1) is 20.4. The summed E-state index contributed by atoms with van der Waals surface area (Å²) in [6.45, 7) is -0.0892. The summed E-state index contributed by atoms with van der Waals surface area (Å²) >= 11 is 10.4. The Bertz CT molecular complexity index is 1690. The van der Waals surface area contributed by atoms with Gasteiger partial charge in [0.05, 0.1) is 23.9 Å². The quantitative estimate of drug-likeness (QED) is 0.114. The van der Waals surface area contributed by atoms with Gasteiger partial charge in [-0.25, -0.2) is 0 Å². The molecule has 0 aliphatic carbocycles. The number of amides is 2. The van der Waals surface area contributed by atoms with E-state index in [-0.39, 0.29) is 30.7 Å². The first kappa shape index (κ1) is 29.2. The number of furan rings is 1. The van der Waals surface area contributed by atoms with E-state index in [2.05, 4.69) is 31.4 Å². The Morgan fingerprint density at radius 2 is 1.90 bits per heavy atom. The molecule has 1 fully saturated rings. The van der Waals surface area contributed by atoms with E-state index >= 15 is 0 Å². The second kappa shape index (κ2) is 13.6. The SMILES string of the molecule is O=C(COc1ccccc1/C=C1\S/C(=N\N=C\c2cc(Br)ccc2O)N(Cc2ccco2)C1=O)Nc1ccc(Cl)cc1. The fourth-order valence-electron chi connectivity index (χ4n) is 3.80. The molecule has 3 aromatic carbocycles. The van der Waals surface area contributed by atoms with Crippen LogP contribution in [0.3, 0.4) is 0 Å². The fourth-order valence-corrected chi connectivity index (χ4v) is 5.23. The molecular weight excluding hydrogens is 644 g/mol. The minimum Gasteiger partial charge on any atom is -0.507 e. The van der Waals surface area contributed by atoms with Crippen LogP contribution in [0.4, 0.5) is 5.69 Å². The maximum atomic E-state index is 13.5. The summed E-state index contributed by atoms with van der Waals surface area (Å²) < 4.78 is 12.0. The first-order valence-electron chi connectivity index (χ1n) is 12.5. The number of hydrogen-bond acceptors (Lipinski definition) is 8. The zero-order chi connectivity index (χ0) is 29.5. The number of para-hydroxylation sites is 1. The van der Waals surface area contributed by atoms with Crippen LogP contribution in [0, 0.1) is 0 Å². The first-order valence-corrected chi connectivity index (χ1v) is 14.4. The molecular formula is C30H22BrClN4O5S. The predicted octanol–water partition coefficient (Wildman–Crippen LogP) is 6.93. The van der Waals surface area contributed by atoms with Crippen molar-refractivity contribution in [2.24, 2.45) is 10.2 Å². The number of phenols is 1. The Morgan fingerprint density at radius 3 is 2.69 bits per heavy atom. The Hall–Kier alpha value is -4.32. The van der Waals surface area contributed by atoms with E-state index < -0.39 is 0 Å². The van der Waals surface area contributed by atoms with Gasteiger partial charge in [0.1, 0.15) is 17.3 Å². The Labute approximate surface area is 258 Å². The number of halogens is 2. The van der Waals surface area contributed by atoms with Gasteiger partial charge in [-0.1, -0.05) is 45.7 Å². The Kier molecular flexibility index (Phi) is 9.42. The van der Waals surface area contributed by atoms with E-state index in [1.165, 1.54) is 23.4 Å². The minimum absolute atomic E-state index is 0.0452. The minimum atomic E-state index is -0.348. The number of carbonyl (C=O) groups is 2. The van der Waals surface area contributed by atoms with Gasteiger partial charge >= 0.3 is 0 Å². The lowest BCUT2D eigenvalue weighted by Crippen LogP contribution is -2.28. The van der Waals surface area contributed by atoms with Crippen LogP contribution in [0.1, 0.15) is 16.9 Å². The zero-order valence-corrected chi connectivity index (χ0v) is 24.9. The molecule has 12 heteroatoms. The molecule has 1 saturated heterocycles. The average molecular weight is 666 g/mol. The normalized spacial score (nSPS) is 15.2. The number of thioether (sulfide) groups is 1. The number of amidine groups is 1. The average Bonchev–Trinajstić information content (AvgIpc) is 3.60. The molecule has 2 N–H and O–H groups in total. The Balaban J connectivity index is 1.35. The number of nitrogens with zero attached hydrogens (tertiary/aromatic N) is 3. The number of ether oxygens (including phenoxy) is 1. The lowest BCUT2D eigenvalue weighted by molar-refractivity contribution is -0.122. The second-order valence-corrected chi connectivity index (χ2v) is 11.2. The molecule has 0 bridgehead atoms. The van der Waals surface area contributed by atoms with Gasteiger partial charge in [-0.3, -0.25) is 14.5 Å². The van der Waals surface area contributed by atoms with Gasteiger partial charge in [0.2, 0.25) is 0 Å². The summed E-state index contributed by atoms with van der Waals surface area (Å²) in [4.78, 5) is 27.8. The largest absolute Gasteiger partial charge is 0.507 e. The van der Waals surface area contributed by atoms with Crippen molar-refractivity contribution in [2.45, 2.75) is 6.54 Å². The lowest BCUT2D eigenvalue weighted by atomic mass is 10.2. The number of carbonyl (C=O) groups excluding carboxylic acids is 2. The van der Waals surface area contributed by atoms with Crippen LogP contribution in [0.5, 0.6) is 11.5 Å². The highest BCUT2D eigenvalue weighted by Crippen LogP contribution is 2.35. The van der Waals surface area contributed by atoms with Crippen molar-refractivity contribution >= 4 is 74.3 Å². The van der Waals surface area contributed by atoms with Gasteiger partial charge in [-0.2, -0.15) is 5.10 Å². The van der Waals surface area contributed by atoms with Crippen LogP contribution in [-0.4, -0.2) is 39.8 Å². The molecule has 0 saturated carbocycles. The van der Waals surface area contributed by atoms with Crippen molar-refractivity contribution in [1.82, 2.24) is 4.90 Å². The zero-order valence-electron chi connectivity index (χ0n) is 21.7. The summed E-state index contributed by atoms with van der Waals surface area (Å²) in [5, 5.41) is 22.1. The van der Waals surface area contributed by atoms with Gasteiger partial charge in [-0.05, 0) is 78.5 Å². The molecule has 0 radical (unpaired) electrons. The van der Waals surface area contributed by atoms with E-state index in [1.54, 1.807) is 72.8 Å². The highest BCUT2D eigenvalue weighted by Gasteiger charge is 2.34. The monoisotopic (exact) mass is 664 g/mol.